The molecule has 1 aliphatic carbocycles. The van der Waals surface area contributed by atoms with Crippen LogP contribution in [0.2, 0.25) is 19.6 Å². The molecule has 15 heavy (non-hydrogen) atoms. The van der Waals surface area contributed by atoms with Gasteiger partial charge in [-0.05, 0) is 25.7 Å². The Morgan fingerprint density at radius 2 is 2.00 bits per heavy atom. The zero-order valence-electron chi connectivity index (χ0n) is 10.2. The van der Waals surface area contributed by atoms with Crippen LogP contribution in [0.4, 0.5) is 0 Å². The third kappa shape index (κ3) is 2.43. The Bertz CT molecular complexity index is 298. The molecular formula is C13H22OSi. The smallest absolute Gasteiger partial charge is 0.0758 e. The third-order valence-corrected chi connectivity index (χ3v) is 6.06. The highest BCUT2D eigenvalue weighted by Gasteiger charge is 2.35. The summed E-state index contributed by atoms with van der Waals surface area (Å²) in [4.78, 5) is 0. The van der Waals surface area contributed by atoms with Crippen molar-refractivity contribution in [3.05, 3.63) is 23.4 Å². The zero-order chi connectivity index (χ0) is 10.9. The van der Waals surface area contributed by atoms with Gasteiger partial charge in [0, 0.05) is 0 Å². The molecule has 1 aliphatic heterocycles. The molecule has 0 saturated carbocycles. The van der Waals surface area contributed by atoms with Gasteiger partial charge < -0.3 is 4.74 Å². The van der Waals surface area contributed by atoms with Crippen LogP contribution in [0.15, 0.2) is 23.4 Å². The Balaban J connectivity index is 2.07. The van der Waals surface area contributed by atoms with E-state index >= 15 is 0 Å². The topological polar surface area (TPSA) is 9.23 Å². The Hall–Kier alpha value is -0.343. The first-order chi connectivity index (χ1) is 7.02. The summed E-state index contributed by atoms with van der Waals surface area (Å²) in [6, 6.07) is 0. The number of hydrogen-bond donors (Lipinski definition) is 0. The molecular weight excluding hydrogens is 200 g/mol. The van der Waals surface area contributed by atoms with E-state index in [1.54, 1.807) is 5.20 Å². The highest BCUT2D eigenvalue weighted by molar-refractivity contribution is 6.83. The predicted molar refractivity (Wildman–Crippen MR) is 67.7 cm³/mol. The van der Waals surface area contributed by atoms with E-state index in [4.69, 9.17) is 4.74 Å². The minimum atomic E-state index is -1.05. The summed E-state index contributed by atoms with van der Waals surface area (Å²) in [5, 5.41) is 1.74. The maximum Gasteiger partial charge on any atom is 0.0758 e. The fourth-order valence-corrected chi connectivity index (χ4v) is 4.11. The van der Waals surface area contributed by atoms with Gasteiger partial charge >= 0.3 is 0 Å². The fraction of sp³-hybridized carbons (Fsp3) is 0.692. The van der Waals surface area contributed by atoms with Crippen LogP contribution in [0.3, 0.4) is 0 Å². The summed E-state index contributed by atoms with van der Waals surface area (Å²) in [5.74, 6) is 0. The summed E-state index contributed by atoms with van der Waals surface area (Å²) in [6.45, 7) is 8.14. The van der Waals surface area contributed by atoms with Crippen molar-refractivity contribution in [2.75, 3.05) is 6.61 Å². The third-order valence-electron chi connectivity index (χ3n) is 3.68. The van der Waals surface area contributed by atoms with Gasteiger partial charge in [-0.1, -0.05) is 43.1 Å². The van der Waals surface area contributed by atoms with Crippen LogP contribution in [-0.2, 0) is 4.74 Å². The average molecular weight is 222 g/mol. The monoisotopic (exact) mass is 222 g/mol. The van der Waals surface area contributed by atoms with Gasteiger partial charge in [0.1, 0.15) is 0 Å². The van der Waals surface area contributed by atoms with Crippen LogP contribution >= 0.6 is 0 Å². The molecule has 0 radical (unpaired) electrons. The second-order valence-electron chi connectivity index (χ2n) is 5.85. The summed E-state index contributed by atoms with van der Waals surface area (Å²) in [5.41, 5.74) is 0.165. The van der Waals surface area contributed by atoms with Gasteiger partial charge in [0.25, 0.3) is 0 Å². The van der Waals surface area contributed by atoms with Crippen LogP contribution < -0.4 is 0 Å². The predicted octanol–water partition coefficient (Wildman–Crippen LogP) is 3.69. The Morgan fingerprint density at radius 3 is 2.47 bits per heavy atom. The molecule has 1 atom stereocenters. The minimum Gasteiger partial charge on any atom is -0.370 e. The molecule has 2 aliphatic rings. The highest BCUT2D eigenvalue weighted by atomic mass is 28.3. The molecule has 0 aromatic rings. The number of ether oxygens (including phenoxy) is 1. The van der Waals surface area contributed by atoms with Crippen molar-refractivity contribution >= 4 is 8.07 Å². The second-order valence-corrected chi connectivity index (χ2v) is 11.0. The molecule has 0 N–H and O–H groups in total. The van der Waals surface area contributed by atoms with Gasteiger partial charge in [-0.25, -0.2) is 0 Å². The molecule has 2 rings (SSSR count). The van der Waals surface area contributed by atoms with E-state index in [-0.39, 0.29) is 5.60 Å². The van der Waals surface area contributed by atoms with Crippen molar-refractivity contribution in [1.29, 1.82) is 0 Å². The normalized spacial score (nSPS) is 31.8. The molecule has 1 heterocycles. The van der Waals surface area contributed by atoms with Gasteiger partial charge in [-0.15, -0.1) is 0 Å². The number of hydrogen-bond acceptors (Lipinski definition) is 1. The van der Waals surface area contributed by atoms with Crippen molar-refractivity contribution < 1.29 is 4.74 Å². The van der Waals surface area contributed by atoms with Crippen LogP contribution in [0.1, 0.15) is 25.7 Å². The molecule has 0 amide bonds. The van der Waals surface area contributed by atoms with Gasteiger partial charge in [0.15, 0.2) is 0 Å². The first kappa shape index (κ1) is 11.2. The Kier molecular flexibility index (Phi) is 2.91. The largest absolute Gasteiger partial charge is 0.370 e. The van der Waals surface area contributed by atoms with Crippen molar-refractivity contribution in [2.24, 2.45) is 0 Å². The Labute approximate surface area is 94.2 Å². The molecule has 84 valence electrons. The van der Waals surface area contributed by atoms with Gasteiger partial charge in [0.05, 0.1) is 20.3 Å². The van der Waals surface area contributed by atoms with Gasteiger partial charge in [-0.3, -0.25) is 0 Å². The van der Waals surface area contributed by atoms with E-state index in [0.717, 1.165) is 19.4 Å². The van der Waals surface area contributed by atoms with Crippen molar-refractivity contribution in [3.8, 4) is 0 Å². The molecule has 0 aromatic heterocycles. The van der Waals surface area contributed by atoms with E-state index in [0.29, 0.717) is 0 Å². The van der Waals surface area contributed by atoms with Crippen LogP contribution in [0.5, 0.6) is 0 Å². The standard InChI is InChI=1S/C13H22OSi/c1-15(2,3)12-6-9-13(10-7-12)8-4-5-11-14-13/h4-6H,7-11H2,1-3H3/t13-/m1/s1. The lowest BCUT2D eigenvalue weighted by molar-refractivity contribution is -0.0429. The average Bonchev–Trinajstić information content (AvgIpc) is 2.18. The molecule has 0 bridgehead atoms. The van der Waals surface area contributed by atoms with Gasteiger partial charge in [-0.2, -0.15) is 0 Å². The van der Waals surface area contributed by atoms with Crippen molar-refractivity contribution in [3.63, 3.8) is 0 Å². The lowest BCUT2D eigenvalue weighted by Crippen LogP contribution is -2.38. The molecule has 0 fully saturated rings. The lowest BCUT2D eigenvalue weighted by Gasteiger charge is -2.39. The molecule has 0 aromatic carbocycles. The van der Waals surface area contributed by atoms with Crippen LogP contribution in [0, 0.1) is 0 Å². The summed E-state index contributed by atoms with van der Waals surface area (Å²) in [7, 11) is -1.05. The zero-order valence-corrected chi connectivity index (χ0v) is 11.2. The van der Waals surface area contributed by atoms with Crippen molar-refractivity contribution in [2.45, 2.75) is 50.9 Å². The maximum absolute atomic E-state index is 5.95. The van der Waals surface area contributed by atoms with Crippen LogP contribution in [-0.4, -0.2) is 20.3 Å². The van der Waals surface area contributed by atoms with E-state index in [2.05, 4.69) is 37.9 Å². The summed E-state index contributed by atoms with van der Waals surface area (Å²) in [6.07, 6.45) is 11.7. The highest BCUT2D eigenvalue weighted by Crippen LogP contribution is 2.38. The lowest BCUT2D eigenvalue weighted by atomic mass is 9.85. The maximum atomic E-state index is 5.95. The number of allylic oxidation sites excluding steroid dienone is 1. The quantitative estimate of drug-likeness (QED) is 0.486. The summed E-state index contributed by atoms with van der Waals surface area (Å²) >= 11 is 0. The second kappa shape index (κ2) is 3.91. The van der Waals surface area contributed by atoms with E-state index in [9.17, 15) is 0 Å². The SMILES string of the molecule is C[Si](C)(C)C1=CC[C@]2(CC=CCO2)CC1. The number of rotatable bonds is 1. The van der Waals surface area contributed by atoms with E-state index < -0.39 is 8.07 Å². The molecule has 0 unspecified atom stereocenters. The summed E-state index contributed by atoms with van der Waals surface area (Å²) < 4.78 is 5.95. The molecule has 1 nitrogen and oxygen atoms in total. The molecule has 1 spiro atoms. The molecule has 0 saturated heterocycles. The fourth-order valence-electron chi connectivity index (χ4n) is 2.52. The van der Waals surface area contributed by atoms with E-state index in [1.807, 2.05) is 0 Å². The Morgan fingerprint density at radius 1 is 1.20 bits per heavy atom. The minimum absolute atomic E-state index is 0.165. The first-order valence-electron chi connectivity index (χ1n) is 6.00. The van der Waals surface area contributed by atoms with Crippen molar-refractivity contribution in [1.82, 2.24) is 0 Å². The first-order valence-corrected chi connectivity index (χ1v) is 9.50. The van der Waals surface area contributed by atoms with Crippen LogP contribution in [0.25, 0.3) is 0 Å². The van der Waals surface area contributed by atoms with E-state index in [1.165, 1.54) is 12.8 Å². The molecule has 2 heteroatoms. The van der Waals surface area contributed by atoms with Gasteiger partial charge in [0.2, 0.25) is 0 Å².